The highest BCUT2D eigenvalue weighted by atomic mass is 19.2. The minimum Gasteiger partial charge on any atom is -0.380 e. The van der Waals surface area contributed by atoms with Crippen LogP contribution in [0.15, 0.2) is 0 Å². The van der Waals surface area contributed by atoms with Crippen LogP contribution in [0.4, 0.5) is 23.2 Å². The van der Waals surface area contributed by atoms with Crippen LogP contribution in [0.5, 0.6) is 0 Å². The fourth-order valence-electron chi connectivity index (χ4n) is 2.60. The molecule has 0 aromatic carbocycles. The number of anilines is 1. The average molecular weight is 319 g/mol. The van der Waals surface area contributed by atoms with Crippen LogP contribution in [0.3, 0.4) is 0 Å². The van der Waals surface area contributed by atoms with Gasteiger partial charge in [0.25, 0.3) is 11.9 Å². The molecule has 2 rings (SSSR count). The van der Waals surface area contributed by atoms with Crippen molar-refractivity contribution in [3.05, 3.63) is 23.5 Å². The second-order valence-corrected chi connectivity index (χ2v) is 5.85. The first-order chi connectivity index (χ1) is 10.5. The lowest BCUT2D eigenvalue weighted by molar-refractivity contribution is 0.190. The number of nitrogens with zero attached hydrogens (tertiary/aromatic N) is 2. The maximum atomic E-state index is 13.4. The number of rotatable bonds is 6. The van der Waals surface area contributed by atoms with Crippen LogP contribution < -0.4 is 5.32 Å². The highest BCUT2D eigenvalue weighted by molar-refractivity contribution is 5.45. The second-order valence-electron chi connectivity index (χ2n) is 5.85. The van der Waals surface area contributed by atoms with E-state index in [1.54, 1.807) is 0 Å². The molecule has 1 aliphatic heterocycles. The van der Waals surface area contributed by atoms with Gasteiger partial charge in [-0.05, 0) is 51.2 Å². The number of hydrogen-bond acceptors (Lipinski definition) is 3. The summed E-state index contributed by atoms with van der Waals surface area (Å²) in [6, 6.07) is 0. The summed E-state index contributed by atoms with van der Waals surface area (Å²) in [5, 5.41) is 2.42. The molecule has 0 atom stereocenters. The summed E-state index contributed by atoms with van der Waals surface area (Å²) >= 11 is 0. The van der Waals surface area contributed by atoms with Crippen molar-refractivity contribution in [2.24, 2.45) is 5.92 Å². The van der Waals surface area contributed by atoms with E-state index >= 15 is 0 Å². The van der Waals surface area contributed by atoms with Gasteiger partial charge < -0.3 is 10.2 Å². The van der Waals surface area contributed by atoms with E-state index in [9.17, 15) is 17.6 Å². The molecule has 0 amide bonds. The van der Waals surface area contributed by atoms with Crippen molar-refractivity contribution in [2.75, 3.05) is 31.5 Å². The maximum absolute atomic E-state index is 13.4. The van der Waals surface area contributed by atoms with E-state index in [1.807, 2.05) is 0 Å². The van der Waals surface area contributed by atoms with Crippen LogP contribution in [0, 0.1) is 29.4 Å². The Morgan fingerprint density at radius 3 is 2.23 bits per heavy atom. The van der Waals surface area contributed by atoms with Gasteiger partial charge in [0, 0.05) is 6.54 Å². The van der Waals surface area contributed by atoms with Crippen molar-refractivity contribution in [1.82, 2.24) is 9.88 Å². The Kier molecular flexibility index (Phi) is 5.99. The fourth-order valence-corrected chi connectivity index (χ4v) is 2.60. The first kappa shape index (κ1) is 17.0. The number of likely N-dealkylation sites (tertiary alicyclic amines) is 1. The van der Waals surface area contributed by atoms with Gasteiger partial charge in [-0.25, -0.2) is 0 Å². The minimum atomic E-state index is -1.64. The number of aromatic nitrogens is 1. The first-order valence-corrected chi connectivity index (χ1v) is 7.65. The molecule has 1 aliphatic rings. The highest BCUT2D eigenvalue weighted by Gasteiger charge is 2.20. The SMILES string of the molecule is CC1CCN(CCCCNc2c(F)c(F)nc(F)c2F)CC1. The zero-order valence-electron chi connectivity index (χ0n) is 12.6. The van der Waals surface area contributed by atoms with E-state index in [0.29, 0.717) is 6.42 Å². The Hall–Kier alpha value is -1.37. The Morgan fingerprint density at radius 2 is 1.64 bits per heavy atom. The van der Waals surface area contributed by atoms with Crippen LogP contribution >= 0.6 is 0 Å². The quantitative estimate of drug-likeness (QED) is 0.494. The van der Waals surface area contributed by atoms with Gasteiger partial charge in [0.05, 0.1) is 0 Å². The molecule has 3 nitrogen and oxygen atoms in total. The third-order valence-corrected chi connectivity index (χ3v) is 4.08. The average Bonchev–Trinajstić information content (AvgIpc) is 2.50. The smallest absolute Gasteiger partial charge is 0.253 e. The number of nitrogens with one attached hydrogen (secondary N) is 1. The molecule has 0 aliphatic carbocycles. The lowest BCUT2D eigenvalue weighted by atomic mass is 9.99. The van der Waals surface area contributed by atoms with Crippen molar-refractivity contribution in [3.8, 4) is 0 Å². The molecule has 2 heterocycles. The topological polar surface area (TPSA) is 28.2 Å². The van der Waals surface area contributed by atoms with E-state index in [2.05, 4.69) is 22.1 Å². The molecule has 124 valence electrons. The van der Waals surface area contributed by atoms with Crippen LogP contribution in [0.25, 0.3) is 0 Å². The Morgan fingerprint density at radius 1 is 1.05 bits per heavy atom. The van der Waals surface area contributed by atoms with Crippen molar-refractivity contribution in [1.29, 1.82) is 0 Å². The third-order valence-electron chi connectivity index (χ3n) is 4.08. The summed E-state index contributed by atoms with van der Waals surface area (Å²) < 4.78 is 52.6. The molecule has 0 radical (unpaired) electrons. The van der Waals surface area contributed by atoms with Crippen LogP contribution in [0.2, 0.25) is 0 Å². The molecule has 1 fully saturated rings. The van der Waals surface area contributed by atoms with Gasteiger partial charge in [-0.2, -0.15) is 22.5 Å². The summed E-state index contributed by atoms with van der Waals surface area (Å²) in [7, 11) is 0. The van der Waals surface area contributed by atoms with Gasteiger partial charge in [-0.3, -0.25) is 0 Å². The molecule has 1 aromatic rings. The lowest BCUT2D eigenvalue weighted by Crippen LogP contribution is -2.33. The van der Waals surface area contributed by atoms with Gasteiger partial charge in [0.2, 0.25) is 11.6 Å². The normalized spacial score (nSPS) is 17.0. The molecule has 0 saturated carbocycles. The summed E-state index contributed by atoms with van der Waals surface area (Å²) in [4.78, 5) is 4.88. The molecule has 22 heavy (non-hydrogen) atoms. The van der Waals surface area contributed by atoms with Crippen molar-refractivity contribution in [2.45, 2.75) is 32.6 Å². The Bertz CT molecular complexity index is 476. The van der Waals surface area contributed by atoms with Gasteiger partial charge in [0.15, 0.2) is 0 Å². The predicted molar refractivity (Wildman–Crippen MR) is 76.6 cm³/mol. The third kappa shape index (κ3) is 4.32. The van der Waals surface area contributed by atoms with Crippen LogP contribution in [0.1, 0.15) is 32.6 Å². The summed E-state index contributed by atoms with van der Waals surface area (Å²) in [5.41, 5.74) is -0.781. The molecule has 7 heteroatoms. The maximum Gasteiger partial charge on any atom is 0.253 e. The molecule has 1 N–H and O–H groups in total. The summed E-state index contributed by atoms with van der Waals surface area (Å²) in [5.74, 6) is -5.46. The fraction of sp³-hybridized carbons (Fsp3) is 0.667. The Labute approximate surface area is 127 Å². The standard InChI is InChI=1S/C15H21F4N3/c1-10-4-8-22(9-5-10)7-3-2-6-20-13-11(16)14(18)21-15(19)12(13)17/h10H,2-9H2,1H3,(H,20,21). The predicted octanol–water partition coefficient (Wildman–Crippen LogP) is 3.56. The molecule has 1 aromatic heterocycles. The zero-order chi connectivity index (χ0) is 16.1. The molecule has 0 bridgehead atoms. The molecule has 0 unspecified atom stereocenters. The van der Waals surface area contributed by atoms with E-state index in [0.717, 1.165) is 32.0 Å². The van der Waals surface area contributed by atoms with Gasteiger partial charge in [0.1, 0.15) is 5.69 Å². The number of halogens is 4. The zero-order valence-corrected chi connectivity index (χ0v) is 12.6. The van der Waals surface area contributed by atoms with Gasteiger partial charge in [-0.1, -0.05) is 6.92 Å². The van der Waals surface area contributed by atoms with E-state index in [4.69, 9.17) is 0 Å². The number of pyridine rings is 1. The largest absolute Gasteiger partial charge is 0.380 e. The van der Waals surface area contributed by atoms with Crippen LogP contribution in [-0.2, 0) is 0 Å². The number of hydrogen-bond donors (Lipinski definition) is 1. The van der Waals surface area contributed by atoms with E-state index in [-0.39, 0.29) is 6.54 Å². The van der Waals surface area contributed by atoms with E-state index < -0.39 is 29.2 Å². The molecular weight excluding hydrogens is 298 g/mol. The second kappa shape index (κ2) is 7.76. The van der Waals surface area contributed by atoms with Gasteiger partial charge >= 0.3 is 0 Å². The number of unbranched alkanes of at least 4 members (excludes halogenated alkanes) is 1. The highest BCUT2D eigenvalue weighted by Crippen LogP contribution is 2.22. The van der Waals surface area contributed by atoms with Gasteiger partial charge in [-0.15, -0.1) is 0 Å². The van der Waals surface area contributed by atoms with Crippen molar-refractivity contribution >= 4 is 5.69 Å². The number of piperidine rings is 1. The van der Waals surface area contributed by atoms with E-state index in [1.165, 1.54) is 12.8 Å². The Balaban J connectivity index is 1.73. The molecule has 1 saturated heterocycles. The molecular formula is C15H21F4N3. The summed E-state index contributed by atoms with van der Waals surface area (Å²) in [6.45, 7) is 5.59. The molecule has 0 spiro atoms. The lowest BCUT2D eigenvalue weighted by Gasteiger charge is -2.30. The monoisotopic (exact) mass is 319 g/mol. The first-order valence-electron chi connectivity index (χ1n) is 7.65. The summed E-state index contributed by atoms with van der Waals surface area (Å²) in [6.07, 6.45) is 3.92. The van der Waals surface area contributed by atoms with Crippen molar-refractivity contribution in [3.63, 3.8) is 0 Å². The van der Waals surface area contributed by atoms with Crippen LogP contribution in [-0.4, -0.2) is 36.1 Å². The minimum absolute atomic E-state index is 0.251. The van der Waals surface area contributed by atoms with Crippen molar-refractivity contribution < 1.29 is 17.6 Å².